The van der Waals surface area contributed by atoms with Crippen LogP contribution >= 0.6 is 15.9 Å². The lowest BCUT2D eigenvalue weighted by molar-refractivity contribution is 0.0993. The van der Waals surface area contributed by atoms with Crippen LogP contribution in [0.15, 0.2) is 40.9 Å². The fourth-order valence-electron chi connectivity index (χ4n) is 2.22. The first-order chi connectivity index (χ1) is 9.38. The number of benzene rings is 2. The Morgan fingerprint density at radius 3 is 2.45 bits per heavy atom. The Bertz CT molecular complexity index is 647. The summed E-state index contributed by atoms with van der Waals surface area (Å²) < 4.78 is 0.801. The molecule has 0 aliphatic rings. The lowest BCUT2D eigenvalue weighted by Gasteiger charge is -2.20. The van der Waals surface area contributed by atoms with E-state index in [0.29, 0.717) is 11.3 Å². The smallest absolute Gasteiger partial charge is 0.258 e. The van der Waals surface area contributed by atoms with E-state index in [1.54, 1.807) is 30.1 Å². The summed E-state index contributed by atoms with van der Waals surface area (Å²) in [4.78, 5) is 14.2. The van der Waals surface area contributed by atoms with E-state index in [0.717, 1.165) is 15.7 Å². The molecule has 0 heterocycles. The third kappa shape index (κ3) is 3.02. The highest BCUT2D eigenvalue weighted by molar-refractivity contribution is 9.10. The minimum atomic E-state index is -0.0787. The monoisotopic (exact) mass is 332 g/mol. The molecule has 2 N–H and O–H groups in total. The molecule has 20 heavy (non-hydrogen) atoms. The normalized spacial score (nSPS) is 10.4. The minimum Gasteiger partial charge on any atom is -0.399 e. The Labute approximate surface area is 127 Å². The molecule has 0 atom stereocenters. The molecular weight excluding hydrogens is 316 g/mol. The lowest BCUT2D eigenvalue weighted by Crippen LogP contribution is -2.27. The summed E-state index contributed by atoms with van der Waals surface area (Å²) in [6.45, 7) is 4.04. The average molecular weight is 333 g/mol. The SMILES string of the molecule is Cc1ccc(N(C)C(=O)c2cc(N)cc(Br)c2)c(C)c1. The second-order valence-electron chi connectivity index (χ2n) is 4.93. The molecular formula is C16H17BrN2O. The van der Waals surface area contributed by atoms with Gasteiger partial charge < -0.3 is 10.6 Å². The van der Waals surface area contributed by atoms with Crippen LogP contribution in [0.25, 0.3) is 0 Å². The standard InChI is InChI=1S/C16H17BrN2O/c1-10-4-5-15(11(2)6-10)19(3)16(20)12-7-13(17)9-14(18)8-12/h4-9H,18H2,1-3H3. The average Bonchev–Trinajstić information content (AvgIpc) is 2.36. The molecule has 4 heteroatoms. The van der Waals surface area contributed by atoms with Gasteiger partial charge in [-0.3, -0.25) is 4.79 Å². The summed E-state index contributed by atoms with van der Waals surface area (Å²) in [6, 6.07) is 11.3. The van der Waals surface area contributed by atoms with Gasteiger partial charge in [-0.15, -0.1) is 0 Å². The summed E-state index contributed by atoms with van der Waals surface area (Å²) in [5.41, 5.74) is 10.1. The highest BCUT2D eigenvalue weighted by Crippen LogP contribution is 2.24. The van der Waals surface area contributed by atoms with Crippen LogP contribution in [0.4, 0.5) is 11.4 Å². The molecule has 0 radical (unpaired) electrons. The molecule has 2 rings (SSSR count). The molecule has 0 saturated heterocycles. The van der Waals surface area contributed by atoms with Crippen LogP contribution < -0.4 is 10.6 Å². The van der Waals surface area contributed by atoms with Gasteiger partial charge in [0.05, 0.1) is 0 Å². The van der Waals surface area contributed by atoms with Crippen LogP contribution in [0.3, 0.4) is 0 Å². The van der Waals surface area contributed by atoms with Gasteiger partial charge in [0.1, 0.15) is 0 Å². The van der Waals surface area contributed by atoms with E-state index in [4.69, 9.17) is 5.73 Å². The third-order valence-corrected chi connectivity index (χ3v) is 3.64. The first-order valence-electron chi connectivity index (χ1n) is 6.30. The quantitative estimate of drug-likeness (QED) is 0.847. The molecule has 0 aromatic heterocycles. The Balaban J connectivity index is 2.37. The van der Waals surface area contributed by atoms with Gasteiger partial charge in [-0.2, -0.15) is 0 Å². The zero-order valence-electron chi connectivity index (χ0n) is 11.8. The number of anilines is 2. The van der Waals surface area contributed by atoms with E-state index < -0.39 is 0 Å². The van der Waals surface area contributed by atoms with Crippen molar-refractivity contribution >= 4 is 33.2 Å². The van der Waals surface area contributed by atoms with Crippen LogP contribution in [0.2, 0.25) is 0 Å². The molecule has 1 amide bonds. The van der Waals surface area contributed by atoms with E-state index in [-0.39, 0.29) is 5.91 Å². The maximum absolute atomic E-state index is 12.5. The fourth-order valence-corrected chi connectivity index (χ4v) is 2.73. The molecule has 0 unspecified atom stereocenters. The lowest BCUT2D eigenvalue weighted by atomic mass is 10.1. The number of hydrogen-bond donors (Lipinski definition) is 1. The Kier molecular flexibility index (Phi) is 4.14. The number of rotatable bonds is 2. The molecule has 0 aliphatic heterocycles. The van der Waals surface area contributed by atoms with Crippen molar-refractivity contribution in [3.63, 3.8) is 0 Å². The molecule has 0 saturated carbocycles. The summed E-state index contributed by atoms with van der Waals surface area (Å²) in [6.07, 6.45) is 0. The van der Waals surface area contributed by atoms with Crippen molar-refractivity contribution < 1.29 is 4.79 Å². The van der Waals surface area contributed by atoms with Gasteiger partial charge in [-0.25, -0.2) is 0 Å². The number of nitrogens with two attached hydrogens (primary N) is 1. The number of nitrogen functional groups attached to an aromatic ring is 1. The van der Waals surface area contributed by atoms with Crippen molar-refractivity contribution in [2.24, 2.45) is 0 Å². The fraction of sp³-hybridized carbons (Fsp3) is 0.188. The predicted octanol–water partition coefficient (Wildman–Crippen LogP) is 3.92. The molecule has 2 aromatic carbocycles. The first-order valence-corrected chi connectivity index (χ1v) is 7.09. The van der Waals surface area contributed by atoms with Gasteiger partial charge in [0.15, 0.2) is 0 Å². The van der Waals surface area contributed by atoms with Crippen LogP contribution in [-0.2, 0) is 0 Å². The first kappa shape index (κ1) is 14.6. The van der Waals surface area contributed by atoms with Gasteiger partial charge in [0.2, 0.25) is 0 Å². The number of nitrogens with zero attached hydrogens (tertiary/aromatic N) is 1. The van der Waals surface area contributed by atoms with Crippen LogP contribution in [0.5, 0.6) is 0 Å². The maximum atomic E-state index is 12.5. The second-order valence-corrected chi connectivity index (χ2v) is 5.84. The molecule has 0 aliphatic carbocycles. The van der Waals surface area contributed by atoms with Gasteiger partial charge in [-0.1, -0.05) is 33.6 Å². The maximum Gasteiger partial charge on any atom is 0.258 e. The van der Waals surface area contributed by atoms with Crippen LogP contribution in [0, 0.1) is 13.8 Å². The van der Waals surface area contributed by atoms with Crippen LogP contribution in [-0.4, -0.2) is 13.0 Å². The zero-order chi connectivity index (χ0) is 14.9. The van der Waals surface area contributed by atoms with E-state index >= 15 is 0 Å². The molecule has 0 bridgehead atoms. The van der Waals surface area contributed by atoms with Crippen LogP contribution in [0.1, 0.15) is 21.5 Å². The van der Waals surface area contributed by atoms with Crippen molar-refractivity contribution in [1.82, 2.24) is 0 Å². The summed E-state index contributed by atoms with van der Waals surface area (Å²) in [5.74, 6) is -0.0787. The highest BCUT2D eigenvalue weighted by atomic mass is 79.9. The molecule has 104 valence electrons. The van der Waals surface area contributed by atoms with Crippen molar-refractivity contribution in [1.29, 1.82) is 0 Å². The minimum absolute atomic E-state index is 0.0787. The number of halogens is 1. The van der Waals surface area contributed by atoms with E-state index in [9.17, 15) is 4.79 Å². The largest absolute Gasteiger partial charge is 0.399 e. The summed E-state index contributed by atoms with van der Waals surface area (Å²) in [5, 5.41) is 0. The molecule has 0 spiro atoms. The third-order valence-electron chi connectivity index (χ3n) is 3.19. The van der Waals surface area contributed by atoms with Crippen molar-refractivity contribution in [2.75, 3.05) is 17.7 Å². The van der Waals surface area contributed by atoms with Crippen molar-refractivity contribution in [2.45, 2.75) is 13.8 Å². The number of hydrogen-bond acceptors (Lipinski definition) is 2. The second kappa shape index (κ2) is 5.67. The number of carbonyl (C=O) groups is 1. The van der Waals surface area contributed by atoms with Crippen molar-refractivity contribution in [3.8, 4) is 0 Å². The Morgan fingerprint density at radius 2 is 1.85 bits per heavy atom. The molecule has 3 nitrogen and oxygen atoms in total. The van der Waals surface area contributed by atoms with E-state index in [2.05, 4.69) is 22.0 Å². The molecule has 0 fully saturated rings. The van der Waals surface area contributed by atoms with Crippen molar-refractivity contribution in [3.05, 3.63) is 57.6 Å². The Hall–Kier alpha value is -1.81. The predicted molar refractivity (Wildman–Crippen MR) is 87.2 cm³/mol. The highest BCUT2D eigenvalue weighted by Gasteiger charge is 2.16. The van der Waals surface area contributed by atoms with E-state index in [1.165, 1.54) is 5.56 Å². The Morgan fingerprint density at radius 1 is 1.15 bits per heavy atom. The van der Waals surface area contributed by atoms with Gasteiger partial charge in [0.25, 0.3) is 5.91 Å². The topological polar surface area (TPSA) is 46.3 Å². The molecule has 2 aromatic rings. The number of amides is 1. The number of carbonyl (C=O) groups excluding carboxylic acids is 1. The van der Waals surface area contributed by atoms with Gasteiger partial charge >= 0.3 is 0 Å². The summed E-state index contributed by atoms with van der Waals surface area (Å²) >= 11 is 3.36. The number of aryl methyl sites for hydroxylation is 2. The zero-order valence-corrected chi connectivity index (χ0v) is 13.4. The van der Waals surface area contributed by atoms with Gasteiger partial charge in [-0.05, 0) is 43.7 Å². The van der Waals surface area contributed by atoms with E-state index in [1.807, 2.05) is 26.0 Å². The van der Waals surface area contributed by atoms with Gasteiger partial charge in [0, 0.05) is 28.5 Å². The summed E-state index contributed by atoms with van der Waals surface area (Å²) in [7, 11) is 1.77.